The first-order valence-corrected chi connectivity index (χ1v) is 7.83. The number of nitrogens with one attached hydrogen (secondary N) is 1. The van der Waals surface area contributed by atoms with E-state index in [0.717, 1.165) is 0 Å². The third-order valence-electron chi connectivity index (χ3n) is 3.59. The van der Waals surface area contributed by atoms with E-state index >= 15 is 0 Å². The van der Waals surface area contributed by atoms with Gasteiger partial charge in [0.05, 0.1) is 7.11 Å². The predicted molar refractivity (Wildman–Crippen MR) is 99.7 cm³/mol. The lowest BCUT2D eigenvalue weighted by Gasteiger charge is -2.11. The first-order valence-electron chi connectivity index (χ1n) is 7.83. The molecule has 0 aliphatic carbocycles. The minimum atomic E-state index is -0.519. The summed E-state index contributed by atoms with van der Waals surface area (Å²) in [6.45, 7) is 0. The lowest BCUT2D eigenvalue weighted by molar-refractivity contribution is -0.112. The zero-order valence-electron chi connectivity index (χ0n) is 14.8. The molecule has 0 atom stereocenters. The number of nitriles is 1. The summed E-state index contributed by atoms with van der Waals surface area (Å²) >= 11 is 0. The average molecular weight is 349 g/mol. The standard InChI is InChI=1S/C20H19N3O3/c1-23(2)20(25)15-6-8-17(9-7-15)22-19(24)16(13-21)12-14-4-10-18(26-3)11-5-14/h4-12H,1-3H3,(H,22,24)/b16-12+. The second-order valence-corrected chi connectivity index (χ2v) is 5.67. The van der Waals surface area contributed by atoms with Crippen LogP contribution in [0, 0.1) is 11.3 Å². The Morgan fingerprint density at radius 3 is 2.19 bits per heavy atom. The van der Waals surface area contributed by atoms with Crippen LogP contribution in [0.3, 0.4) is 0 Å². The molecular formula is C20H19N3O3. The molecule has 0 radical (unpaired) electrons. The maximum atomic E-state index is 12.3. The van der Waals surface area contributed by atoms with Crippen LogP contribution >= 0.6 is 0 Å². The van der Waals surface area contributed by atoms with Crippen LogP contribution in [0.4, 0.5) is 5.69 Å². The van der Waals surface area contributed by atoms with Gasteiger partial charge in [-0.2, -0.15) is 5.26 Å². The molecule has 0 aromatic heterocycles. The van der Waals surface area contributed by atoms with Gasteiger partial charge in [-0.15, -0.1) is 0 Å². The van der Waals surface area contributed by atoms with Crippen molar-refractivity contribution >= 4 is 23.6 Å². The highest BCUT2D eigenvalue weighted by Gasteiger charge is 2.11. The minimum absolute atomic E-state index is 0.0244. The molecule has 2 aromatic carbocycles. The minimum Gasteiger partial charge on any atom is -0.497 e. The molecule has 0 heterocycles. The molecule has 2 aromatic rings. The number of methoxy groups -OCH3 is 1. The van der Waals surface area contributed by atoms with Gasteiger partial charge in [-0.1, -0.05) is 12.1 Å². The molecular weight excluding hydrogens is 330 g/mol. The van der Waals surface area contributed by atoms with E-state index in [-0.39, 0.29) is 11.5 Å². The van der Waals surface area contributed by atoms with Crippen LogP contribution in [0.1, 0.15) is 15.9 Å². The van der Waals surface area contributed by atoms with Crippen LogP contribution in [0.25, 0.3) is 6.08 Å². The second-order valence-electron chi connectivity index (χ2n) is 5.67. The fourth-order valence-corrected chi connectivity index (χ4v) is 2.17. The van der Waals surface area contributed by atoms with E-state index in [4.69, 9.17) is 4.74 Å². The summed E-state index contributed by atoms with van der Waals surface area (Å²) in [6.07, 6.45) is 1.50. The van der Waals surface area contributed by atoms with Crippen molar-refractivity contribution in [2.75, 3.05) is 26.5 Å². The Labute approximate surface area is 152 Å². The Balaban J connectivity index is 2.12. The van der Waals surface area contributed by atoms with Crippen molar-refractivity contribution in [3.63, 3.8) is 0 Å². The van der Waals surface area contributed by atoms with E-state index in [9.17, 15) is 14.9 Å². The molecule has 0 saturated carbocycles. The van der Waals surface area contributed by atoms with Gasteiger partial charge < -0.3 is 15.0 Å². The smallest absolute Gasteiger partial charge is 0.266 e. The monoisotopic (exact) mass is 349 g/mol. The lowest BCUT2D eigenvalue weighted by atomic mass is 10.1. The normalized spacial score (nSPS) is 10.6. The molecule has 0 aliphatic rings. The Bertz CT molecular complexity index is 861. The van der Waals surface area contributed by atoms with Crippen LogP contribution < -0.4 is 10.1 Å². The molecule has 1 N–H and O–H groups in total. The average Bonchev–Trinajstić information content (AvgIpc) is 2.66. The highest BCUT2D eigenvalue weighted by Crippen LogP contribution is 2.16. The number of benzene rings is 2. The fourth-order valence-electron chi connectivity index (χ4n) is 2.17. The van der Waals surface area contributed by atoms with E-state index < -0.39 is 5.91 Å². The van der Waals surface area contributed by atoms with E-state index in [1.807, 2.05) is 6.07 Å². The predicted octanol–water partition coefficient (Wildman–Crippen LogP) is 2.94. The zero-order chi connectivity index (χ0) is 19.1. The maximum absolute atomic E-state index is 12.3. The van der Waals surface area contributed by atoms with E-state index in [1.54, 1.807) is 69.7 Å². The van der Waals surface area contributed by atoms with Gasteiger partial charge in [0.15, 0.2) is 0 Å². The SMILES string of the molecule is COc1ccc(/C=C(\C#N)C(=O)Nc2ccc(C(=O)N(C)C)cc2)cc1. The quantitative estimate of drug-likeness (QED) is 0.664. The number of amides is 2. The number of carbonyl (C=O) groups is 2. The summed E-state index contributed by atoms with van der Waals surface area (Å²) in [7, 11) is 4.90. The highest BCUT2D eigenvalue weighted by molar-refractivity contribution is 6.09. The first kappa shape index (κ1) is 18.7. The fraction of sp³-hybridized carbons (Fsp3) is 0.150. The van der Waals surface area contributed by atoms with Crippen LogP contribution in [0.5, 0.6) is 5.75 Å². The van der Waals surface area contributed by atoms with E-state index in [2.05, 4.69) is 5.32 Å². The van der Waals surface area contributed by atoms with Crippen molar-refractivity contribution in [3.05, 3.63) is 65.2 Å². The first-order chi connectivity index (χ1) is 12.4. The molecule has 132 valence electrons. The number of nitrogens with zero attached hydrogens (tertiary/aromatic N) is 2. The van der Waals surface area contributed by atoms with Gasteiger partial charge in [-0.3, -0.25) is 9.59 Å². The van der Waals surface area contributed by atoms with Gasteiger partial charge in [-0.25, -0.2) is 0 Å². The molecule has 2 rings (SSSR count). The topological polar surface area (TPSA) is 82.4 Å². The number of hydrogen-bond donors (Lipinski definition) is 1. The molecule has 0 aliphatic heterocycles. The summed E-state index contributed by atoms with van der Waals surface area (Å²) < 4.78 is 5.08. The molecule has 0 unspecified atom stereocenters. The Hall–Kier alpha value is -3.59. The number of rotatable bonds is 5. The number of carbonyl (C=O) groups excluding carboxylic acids is 2. The molecule has 26 heavy (non-hydrogen) atoms. The largest absolute Gasteiger partial charge is 0.497 e. The summed E-state index contributed by atoms with van der Waals surface area (Å²) in [5, 5.41) is 11.9. The van der Waals surface area contributed by atoms with Crippen molar-refractivity contribution in [3.8, 4) is 11.8 Å². The maximum Gasteiger partial charge on any atom is 0.266 e. The number of ether oxygens (including phenoxy) is 1. The van der Waals surface area contributed by atoms with Crippen molar-refractivity contribution in [2.45, 2.75) is 0 Å². The Kier molecular flexibility index (Phi) is 6.12. The zero-order valence-corrected chi connectivity index (χ0v) is 14.8. The van der Waals surface area contributed by atoms with Gasteiger partial charge in [0.2, 0.25) is 0 Å². The van der Waals surface area contributed by atoms with E-state index in [0.29, 0.717) is 22.6 Å². The summed E-state index contributed by atoms with van der Waals surface area (Å²) in [4.78, 5) is 25.6. The van der Waals surface area contributed by atoms with Gasteiger partial charge >= 0.3 is 0 Å². The molecule has 6 nitrogen and oxygen atoms in total. The summed E-state index contributed by atoms with van der Waals surface area (Å²) in [6, 6.07) is 15.4. The van der Waals surface area contributed by atoms with Crippen molar-refractivity contribution in [1.29, 1.82) is 5.26 Å². The molecule has 0 fully saturated rings. The second kappa shape index (κ2) is 8.49. The Morgan fingerprint density at radius 2 is 1.69 bits per heavy atom. The number of anilines is 1. The van der Waals surface area contributed by atoms with Gasteiger partial charge in [-0.05, 0) is 48.0 Å². The third-order valence-corrected chi connectivity index (χ3v) is 3.59. The van der Waals surface area contributed by atoms with Crippen molar-refractivity contribution < 1.29 is 14.3 Å². The van der Waals surface area contributed by atoms with Crippen LogP contribution in [-0.2, 0) is 4.79 Å². The van der Waals surface area contributed by atoms with Crippen LogP contribution in [-0.4, -0.2) is 37.9 Å². The van der Waals surface area contributed by atoms with Crippen LogP contribution in [0.15, 0.2) is 54.1 Å². The number of hydrogen-bond acceptors (Lipinski definition) is 4. The summed E-state index contributed by atoms with van der Waals surface area (Å²) in [5.41, 5.74) is 1.71. The molecule has 6 heteroatoms. The summed E-state index contributed by atoms with van der Waals surface area (Å²) in [5.74, 6) is 0.0486. The third kappa shape index (κ3) is 4.71. The van der Waals surface area contributed by atoms with Crippen LogP contribution in [0.2, 0.25) is 0 Å². The van der Waals surface area contributed by atoms with Crippen molar-refractivity contribution in [2.24, 2.45) is 0 Å². The van der Waals surface area contributed by atoms with Crippen molar-refractivity contribution in [1.82, 2.24) is 4.90 Å². The molecule has 0 saturated heterocycles. The van der Waals surface area contributed by atoms with Gasteiger partial charge in [0.25, 0.3) is 11.8 Å². The van der Waals surface area contributed by atoms with Gasteiger partial charge in [0, 0.05) is 25.3 Å². The van der Waals surface area contributed by atoms with E-state index in [1.165, 1.54) is 11.0 Å². The Morgan fingerprint density at radius 1 is 1.08 bits per heavy atom. The molecule has 0 bridgehead atoms. The molecule has 2 amide bonds. The van der Waals surface area contributed by atoms with Gasteiger partial charge in [0.1, 0.15) is 17.4 Å². The lowest BCUT2D eigenvalue weighted by Crippen LogP contribution is -2.21. The molecule has 0 spiro atoms. The highest BCUT2D eigenvalue weighted by atomic mass is 16.5.